The number of amides is 1. The van der Waals surface area contributed by atoms with Crippen molar-refractivity contribution >= 4 is 23.4 Å². The minimum absolute atomic E-state index is 0.120. The number of carbonyl (C=O) groups is 1. The third kappa shape index (κ3) is 3.56. The summed E-state index contributed by atoms with van der Waals surface area (Å²) in [5, 5.41) is 6.98. The Hall–Kier alpha value is -1.89. The van der Waals surface area contributed by atoms with Gasteiger partial charge in [-0.05, 0) is 58.0 Å². The van der Waals surface area contributed by atoms with Gasteiger partial charge in [0.05, 0.1) is 6.20 Å². The average Bonchev–Trinajstić information content (AvgIpc) is 3.25. The molecule has 1 aromatic heterocycles. The van der Waals surface area contributed by atoms with Crippen molar-refractivity contribution in [3.05, 3.63) is 6.20 Å². The molecule has 1 aromatic rings. The van der Waals surface area contributed by atoms with Gasteiger partial charge in [0.15, 0.2) is 5.82 Å². The maximum absolute atomic E-state index is 13.0. The molecule has 4 rings (SSSR count). The van der Waals surface area contributed by atoms with E-state index in [1.165, 1.54) is 25.7 Å². The van der Waals surface area contributed by atoms with Gasteiger partial charge in [-0.3, -0.25) is 4.79 Å². The van der Waals surface area contributed by atoms with E-state index in [9.17, 15) is 4.79 Å². The average molecular weight is 387 g/mol. The van der Waals surface area contributed by atoms with Crippen molar-refractivity contribution < 1.29 is 4.79 Å². The number of anilines is 3. The van der Waals surface area contributed by atoms with Gasteiger partial charge in [-0.25, -0.2) is 4.98 Å². The fourth-order valence-corrected chi connectivity index (χ4v) is 5.12. The maximum Gasteiger partial charge on any atom is 0.249 e. The molecule has 28 heavy (non-hydrogen) atoms. The number of hydrogen-bond donors (Lipinski definition) is 2. The van der Waals surface area contributed by atoms with Crippen LogP contribution in [0.5, 0.6) is 0 Å². The van der Waals surface area contributed by atoms with E-state index < -0.39 is 0 Å². The monoisotopic (exact) mass is 386 g/mol. The number of carbonyl (C=O) groups excluding carboxylic acids is 1. The van der Waals surface area contributed by atoms with Gasteiger partial charge in [-0.15, -0.1) is 0 Å². The van der Waals surface area contributed by atoms with Gasteiger partial charge in [0, 0.05) is 19.1 Å². The first-order valence-corrected chi connectivity index (χ1v) is 11.0. The van der Waals surface area contributed by atoms with Crippen LogP contribution in [0, 0.1) is 5.92 Å². The van der Waals surface area contributed by atoms with Crippen LogP contribution in [0.4, 0.5) is 17.5 Å². The van der Waals surface area contributed by atoms with E-state index in [-0.39, 0.29) is 11.9 Å². The zero-order chi connectivity index (χ0) is 19.7. The molecular formula is C21H34N6O. The second kappa shape index (κ2) is 8.23. The quantitative estimate of drug-likeness (QED) is 0.811. The topological polar surface area (TPSA) is 73.4 Å². The Labute approximate surface area is 168 Å². The molecule has 2 aliphatic heterocycles. The summed E-state index contributed by atoms with van der Waals surface area (Å²) in [5.74, 6) is 2.41. The number of likely N-dealkylation sites (N-methyl/N-ethyl adjacent to an activating group) is 1. The number of nitrogens with zero attached hydrogens (tertiary/aromatic N) is 4. The van der Waals surface area contributed by atoms with Gasteiger partial charge in [-0.2, -0.15) is 4.98 Å². The molecule has 0 aromatic carbocycles. The highest BCUT2D eigenvalue weighted by Gasteiger charge is 2.41. The molecule has 1 saturated carbocycles. The number of nitrogens with one attached hydrogen (secondary N) is 2. The second-order valence-corrected chi connectivity index (χ2v) is 8.59. The van der Waals surface area contributed by atoms with Gasteiger partial charge in [0.2, 0.25) is 11.9 Å². The normalized spacial score (nSPS) is 25.1. The lowest BCUT2D eigenvalue weighted by Gasteiger charge is -2.43. The Morgan fingerprint density at radius 2 is 1.96 bits per heavy atom. The molecule has 2 N–H and O–H groups in total. The fraction of sp³-hybridized carbons (Fsp3) is 0.762. The molecule has 7 nitrogen and oxygen atoms in total. The number of fused-ring (bicyclic) bond motifs is 1. The van der Waals surface area contributed by atoms with Crippen LogP contribution >= 0.6 is 0 Å². The minimum atomic E-state index is -0.120. The smallest absolute Gasteiger partial charge is 0.249 e. The molecule has 2 fully saturated rings. The highest BCUT2D eigenvalue weighted by Crippen LogP contribution is 2.39. The van der Waals surface area contributed by atoms with E-state index in [1.54, 1.807) is 4.90 Å². The van der Waals surface area contributed by atoms with Gasteiger partial charge >= 0.3 is 0 Å². The molecule has 7 heteroatoms. The van der Waals surface area contributed by atoms with Crippen molar-refractivity contribution in [3.63, 3.8) is 0 Å². The number of piperidine rings is 1. The van der Waals surface area contributed by atoms with E-state index in [4.69, 9.17) is 4.98 Å². The van der Waals surface area contributed by atoms with Crippen LogP contribution < -0.4 is 20.4 Å². The fourth-order valence-electron chi connectivity index (χ4n) is 5.12. The first-order chi connectivity index (χ1) is 13.6. The van der Waals surface area contributed by atoms with E-state index >= 15 is 0 Å². The van der Waals surface area contributed by atoms with E-state index in [0.717, 1.165) is 43.9 Å². The molecule has 3 aliphatic rings. The van der Waals surface area contributed by atoms with Crippen LogP contribution in [0.3, 0.4) is 0 Å². The summed E-state index contributed by atoms with van der Waals surface area (Å²) in [4.78, 5) is 26.5. The highest BCUT2D eigenvalue weighted by atomic mass is 16.2. The van der Waals surface area contributed by atoms with Crippen LogP contribution in [0.2, 0.25) is 0 Å². The zero-order valence-electron chi connectivity index (χ0n) is 17.4. The van der Waals surface area contributed by atoms with Crippen molar-refractivity contribution in [3.8, 4) is 0 Å². The van der Waals surface area contributed by atoms with Crippen LogP contribution in [0.1, 0.15) is 58.8 Å². The zero-order valence-corrected chi connectivity index (χ0v) is 17.4. The van der Waals surface area contributed by atoms with Crippen molar-refractivity contribution in [1.82, 2.24) is 15.3 Å². The lowest BCUT2D eigenvalue weighted by molar-refractivity contribution is -0.120. The first-order valence-electron chi connectivity index (χ1n) is 11.0. The van der Waals surface area contributed by atoms with E-state index in [0.29, 0.717) is 23.9 Å². The number of aromatic nitrogens is 2. The summed E-state index contributed by atoms with van der Waals surface area (Å²) in [5.41, 5.74) is 0.835. The summed E-state index contributed by atoms with van der Waals surface area (Å²) in [6.45, 7) is 6.51. The molecule has 0 bridgehead atoms. The van der Waals surface area contributed by atoms with Crippen molar-refractivity contribution in [2.45, 2.75) is 76.9 Å². The van der Waals surface area contributed by atoms with E-state index in [2.05, 4.69) is 34.4 Å². The summed E-state index contributed by atoms with van der Waals surface area (Å²) < 4.78 is 0. The van der Waals surface area contributed by atoms with Gasteiger partial charge in [0.1, 0.15) is 11.7 Å². The van der Waals surface area contributed by atoms with Crippen LogP contribution in [-0.4, -0.2) is 54.1 Å². The van der Waals surface area contributed by atoms with Crippen LogP contribution in [0.25, 0.3) is 0 Å². The molecule has 0 radical (unpaired) electrons. The van der Waals surface area contributed by atoms with Gasteiger partial charge in [0.25, 0.3) is 0 Å². The number of rotatable bonds is 5. The predicted molar refractivity (Wildman–Crippen MR) is 113 cm³/mol. The van der Waals surface area contributed by atoms with E-state index in [1.807, 2.05) is 13.2 Å². The standard InChI is InChI=1S/C21H34N6O/c1-4-17-20(28)26(3)18-13-23-21(24-14(2)15-9-11-22-12-10-15)25-19(18)27(17)16-7-5-6-8-16/h13-17,22H,4-12H2,1-3H3,(H,23,24,25)/t14-,17?/m0/s1. The first kappa shape index (κ1) is 19.4. The molecule has 0 spiro atoms. The van der Waals surface area contributed by atoms with Crippen molar-refractivity contribution in [1.29, 1.82) is 0 Å². The lowest BCUT2D eigenvalue weighted by atomic mass is 9.91. The van der Waals surface area contributed by atoms with Crippen molar-refractivity contribution in [2.75, 3.05) is 35.3 Å². The minimum Gasteiger partial charge on any atom is -0.351 e. The molecule has 1 aliphatic carbocycles. The Balaban J connectivity index is 1.62. The Kier molecular flexibility index (Phi) is 5.71. The summed E-state index contributed by atoms with van der Waals surface area (Å²) >= 11 is 0. The lowest BCUT2D eigenvalue weighted by Crippen LogP contribution is -2.55. The van der Waals surface area contributed by atoms with Gasteiger partial charge < -0.3 is 20.4 Å². The van der Waals surface area contributed by atoms with Crippen LogP contribution in [-0.2, 0) is 4.79 Å². The highest BCUT2D eigenvalue weighted by molar-refractivity contribution is 6.04. The molecule has 1 saturated heterocycles. The third-order valence-corrected chi connectivity index (χ3v) is 6.86. The Bertz CT molecular complexity index is 698. The molecule has 3 heterocycles. The molecule has 2 atom stereocenters. The molecule has 1 unspecified atom stereocenters. The largest absolute Gasteiger partial charge is 0.351 e. The molecular weight excluding hydrogens is 352 g/mol. The summed E-state index contributed by atoms with van der Waals surface area (Å²) in [6.07, 6.45) is 9.75. The molecule has 1 amide bonds. The third-order valence-electron chi connectivity index (χ3n) is 6.86. The Morgan fingerprint density at radius 1 is 1.25 bits per heavy atom. The SMILES string of the molecule is CCC1C(=O)N(C)c2cnc(N[C@@H](C)C3CCNCC3)nc2N1C1CCCC1. The Morgan fingerprint density at radius 3 is 2.64 bits per heavy atom. The van der Waals surface area contributed by atoms with Crippen LogP contribution in [0.15, 0.2) is 6.20 Å². The summed E-state index contributed by atoms with van der Waals surface area (Å²) in [6, 6.07) is 0.626. The van der Waals surface area contributed by atoms with Gasteiger partial charge in [-0.1, -0.05) is 19.8 Å². The summed E-state index contributed by atoms with van der Waals surface area (Å²) in [7, 11) is 1.85. The second-order valence-electron chi connectivity index (χ2n) is 8.59. The molecule has 154 valence electrons. The maximum atomic E-state index is 13.0. The number of hydrogen-bond acceptors (Lipinski definition) is 6. The predicted octanol–water partition coefficient (Wildman–Crippen LogP) is 2.78. The van der Waals surface area contributed by atoms with Crippen molar-refractivity contribution in [2.24, 2.45) is 5.92 Å².